The molecule has 0 aliphatic rings. The van der Waals surface area contributed by atoms with Crippen molar-refractivity contribution >= 4 is 21.9 Å². The number of aryl methyl sites for hydroxylation is 2. The molecule has 1 heterocycles. The van der Waals surface area contributed by atoms with Crippen LogP contribution in [0.1, 0.15) is 23.9 Å². The number of hydrogen-bond donors (Lipinski definition) is 0. The minimum Gasteiger partial charge on any atom is -0.467 e. The molecule has 0 aliphatic carbocycles. The van der Waals surface area contributed by atoms with Crippen molar-refractivity contribution < 1.29 is 9.53 Å². The van der Waals surface area contributed by atoms with Crippen molar-refractivity contribution in [2.45, 2.75) is 26.3 Å². The Morgan fingerprint density at radius 3 is 2.40 bits per heavy atom. The van der Waals surface area contributed by atoms with Gasteiger partial charge in [0.1, 0.15) is 6.04 Å². The van der Waals surface area contributed by atoms with Crippen molar-refractivity contribution in [3.05, 3.63) is 23.5 Å². The standard InChI is InChI=1S/C11H16BrNO2/c1-8-4-5-9(2)13(8)10(6-7-12)11(14)15-3/h4-5,10H,6-7H2,1-3H3. The normalized spacial score (nSPS) is 12.5. The number of esters is 1. The fourth-order valence-electron chi connectivity index (χ4n) is 1.76. The van der Waals surface area contributed by atoms with Gasteiger partial charge in [0.25, 0.3) is 0 Å². The first-order chi connectivity index (χ1) is 7.11. The summed E-state index contributed by atoms with van der Waals surface area (Å²) in [6.45, 7) is 3.99. The van der Waals surface area contributed by atoms with Crippen LogP contribution in [0.2, 0.25) is 0 Å². The van der Waals surface area contributed by atoms with E-state index in [4.69, 9.17) is 4.74 Å². The average molecular weight is 274 g/mol. The number of nitrogens with zero attached hydrogens (tertiary/aromatic N) is 1. The van der Waals surface area contributed by atoms with Crippen LogP contribution in [0.4, 0.5) is 0 Å². The molecule has 0 radical (unpaired) electrons. The quantitative estimate of drug-likeness (QED) is 0.624. The zero-order valence-corrected chi connectivity index (χ0v) is 10.9. The largest absolute Gasteiger partial charge is 0.467 e. The van der Waals surface area contributed by atoms with E-state index in [2.05, 4.69) is 15.9 Å². The Bertz CT molecular complexity index is 327. The van der Waals surface area contributed by atoms with Gasteiger partial charge in [0, 0.05) is 16.7 Å². The van der Waals surface area contributed by atoms with Crippen LogP contribution in [0.25, 0.3) is 0 Å². The summed E-state index contributed by atoms with van der Waals surface area (Å²) in [6, 6.07) is 3.81. The van der Waals surface area contributed by atoms with Gasteiger partial charge in [-0.25, -0.2) is 4.79 Å². The molecule has 1 atom stereocenters. The molecule has 0 bridgehead atoms. The molecule has 1 aromatic heterocycles. The van der Waals surface area contributed by atoms with Crippen LogP contribution >= 0.6 is 15.9 Å². The summed E-state index contributed by atoms with van der Waals surface area (Å²) < 4.78 is 6.84. The summed E-state index contributed by atoms with van der Waals surface area (Å²) in [6.07, 6.45) is 0.739. The molecule has 0 aromatic carbocycles. The number of hydrogen-bond acceptors (Lipinski definition) is 2. The molecule has 1 aromatic rings. The number of carbonyl (C=O) groups is 1. The van der Waals surface area contributed by atoms with Crippen molar-refractivity contribution in [2.24, 2.45) is 0 Å². The molecular formula is C11H16BrNO2. The van der Waals surface area contributed by atoms with Gasteiger partial charge in [0.15, 0.2) is 0 Å². The van der Waals surface area contributed by atoms with E-state index < -0.39 is 0 Å². The zero-order valence-electron chi connectivity index (χ0n) is 9.29. The number of alkyl halides is 1. The van der Waals surface area contributed by atoms with Crippen molar-refractivity contribution in [3.8, 4) is 0 Å². The number of aromatic nitrogens is 1. The Balaban J connectivity index is 3.03. The Kier molecular flexibility index (Phi) is 4.39. The lowest BCUT2D eigenvalue weighted by molar-refractivity contribution is -0.144. The number of methoxy groups -OCH3 is 1. The van der Waals surface area contributed by atoms with Gasteiger partial charge in [0.2, 0.25) is 0 Å². The topological polar surface area (TPSA) is 31.2 Å². The minimum absolute atomic E-state index is 0.183. The van der Waals surface area contributed by atoms with Gasteiger partial charge in [-0.1, -0.05) is 15.9 Å². The van der Waals surface area contributed by atoms with E-state index in [1.807, 2.05) is 30.5 Å². The third kappa shape index (κ3) is 2.62. The van der Waals surface area contributed by atoms with E-state index in [1.54, 1.807) is 0 Å². The van der Waals surface area contributed by atoms with E-state index in [0.29, 0.717) is 0 Å². The highest BCUT2D eigenvalue weighted by atomic mass is 79.9. The molecule has 3 nitrogen and oxygen atoms in total. The van der Waals surface area contributed by atoms with Crippen molar-refractivity contribution in [2.75, 3.05) is 12.4 Å². The van der Waals surface area contributed by atoms with E-state index >= 15 is 0 Å². The molecule has 0 amide bonds. The Labute approximate surface area is 98.5 Å². The van der Waals surface area contributed by atoms with E-state index in [1.165, 1.54) is 7.11 Å². The molecule has 0 aliphatic heterocycles. The summed E-state index contributed by atoms with van der Waals surface area (Å²) in [5.74, 6) is -0.183. The molecule has 1 unspecified atom stereocenters. The number of ether oxygens (including phenoxy) is 1. The second-order valence-electron chi connectivity index (χ2n) is 3.50. The van der Waals surface area contributed by atoms with Gasteiger partial charge in [-0.05, 0) is 32.4 Å². The second kappa shape index (κ2) is 5.35. The smallest absolute Gasteiger partial charge is 0.328 e. The monoisotopic (exact) mass is 273 g/mol. The van der Waals surface area contributed by atoms with Gasteiger partial charge >= 0.3 is 5.97 Å². The zero-order chi connectivity index (χ0) is 11.4. The SMILES string of the molecule is COC(=O)C(CCBr)n1c(C)ccc1C. The molecule has 0 fully saturated rings. The predicted molar refractivity (Wildman–Crippen MR) is 63.4 cm³/mol. The predicted octanol–water partition coefficient (Wildman–Crippen LogP) is 2.60. The Morgan fingerprint density at radius 2 is 2.00 bits per heavy atom. The molecule has 0 spiro atoms. The maximum absolute atomic E-state index is 11.6. The van der Waals surface area contributed by atoms with Crippen LogP contribution in [0, 0.1) is 13.8 Å². The van der Waals surface area contributed by atoms with E-state index in [0.717, 1.165) is 23.1 Å². The summed E-state index contributed by atoms with van der Waals surface area (Å²) in [4.78, 5) is 11.6. The molecule has 0 saturated heterocycles. The highest BCUT2D eigenvalue weighted by molar-refractivity contribution is 9.09. The fourth-order valence-corrected chi connectivity index (χ4v) is 2.20. The summed E-state index contributed by atoms with van der Waals surface area (Å²) in [7, 11) is 1.43. The average Bonchev–Trinajstić information content (AvgIpc) is 2.55. The molecule has 1 rings (SSSR count). The summed E-state index contributed by atoms with van der Waals surface area (Å²) >= 11 is 3.36. The lowest BCUT2D eigenvalue weighted by Crippen LogP contribution is -2.23. The third-order valence-electron chi connectivity index (χ3n) is 2.49. The van der Waals surface area contributed by atoms with Gasteiger partial charge < -0.3 is 9.30 Å². The summed E-state index contributed by atoms with van der Waals surface area (Å²) in [5, 5.41) is 0.782. The molecule has 0 N–H and O–H groups in total. The van der Waals surface area contributed by atoms with Crippen molar-refractivity contribution in [3.63, 3.8) is 0 Å². The van der Waals surface area contributed by atoms with Crippen LogP contribution in [0.3, 0.4) is 0 Å². The first-order valence-electron chi connectivity index (χ1n) is 4.90. The van der Waals surface area contributed by atoms with Gasteiger partial charge in [-0.3, -0.25) is 0 Å². The van der Waals surface area contributed by atoms with Gasteiger partial charge in [-0.15, -0.1) is 0 Å². The highest BCUT2D eigenvalue weighted by Gasteiger charge is 2.22. The lowest BCUT2D eigenvalue weighted by atomic mass is 10.2. The first-order valence-corrected chi connectivity index (χ1v) is 6.02. The first kappa shape index (κ1) is 12.3. The maximum Gasteiger partial charge on any atom is 0.328 e. The Morgan fingerprint density at radius 1 is 1.47 bits per heavy atom. The van der Waals surface area contributed by atoms with Crippen LogP contribution in [-0.2, 0) is 9.53 Å². The van der Waals surface area contributed by atoms with Crippen molar-refractivity contribution in [1.82, 2.24) is 4.57 Å². The molecular weight excluding hydrogens is 258 g/mol. The lowest BCUT2D eigenvalue weighted by Gasteiger charge is -2.19. The van der Waals surface area contributed by atoms with Crippen LogP contribution in [0.5, 0.6) is 0 Å². The van der Waals surface area contributed by atoms with Crippen molar-refractivity contribution in [1.29, 1.82) is 0 Å². The highest BCUT2D eigenvalue weighted by Crippen LogP contribution is 2.21. The van der Waals surface area contributed by atoms with Gasteiger partial charge in [-0.2, -0.15) is 0 Å². The fraction of sp³-hybridized carbons (Fsp3) is 0.545. The van der Waals surface area contributed by atoms with E-state index in [9.17, 15) is 4.79 Å². The van der Waals surface area contributed by atoms with E-state index in [-0.39, 0.29) is 12.0 Å². The second-order valence-corrected chi connectivity index (χ2v) is 4.30. The Hall–Kier alpha value is -0.770. The number of rotatable bonds is 4. The third-order valence-corrected chi connectivity index (χ3v) is 2.95. The molecule has 4 heteroatoms. The van der Waals surface area contributed by atoms with Crippen LogP contribution in [-0.4, -0.2) is 23.0 Å². The number of carbonyl (C=O) groups excluding carboxylic acids is 1. The minimum atomic E-state index is -0.218. The van der Waals surface area contributed by atoms with Crippen LogP contribution in [0.15, 0.2) is 12.1 Å². The summed E-state index contributed by atoms with van der Waals surface area (Å²) in [5.41, 5.74) is 2.17. The molecule has 84 valence electrons. The molecule has 15 heavy (non-hydrogen) atoms. The van der Waals surface area contributed by atoms with Gasteiger partial charge in [0.05, 0.1) is 7.11 Å². The van der Waals surface area contributed by atoms with Crippen LogP contribution < -0.4 is 0 Å². The maximum atomic E-state index is 11.6. The number of halogens is 1. The molecule has 0 saturated carbocycles.